The first-order chi connectivity index (χ1) is 9.38. The second-order valence-corrected chi connectivity index (χ2v) is 6.27. The van der Waals surface area contributed by atoms with Crippen LogP contribution in [-0.4, -0.2) is 35.8 Å². The van der Waals surface area contributed by atoms with Gasteiger partial charge in [0.05, 0.1) is 6.26 Å². The fourth-order valence-corrected chi connectivity index (χ4v) is 2.37. The number of furan rings is 1. The van der Waals surface area contributed by atoms with Crippen molar-refractivity contribution in [1.82, 2.24) is 10.2 Å². The Morgan fingerprint density at radius 2 is 1.95 bits per heavy atom. The van der Waals surface area contributed by atoms with Crippen LogP contribution in [-0.2, 0) is 4.79 Å². The standard InChI is InChI=1S/C15H22N2O3/c1-15(2,3)14(19)17-8-6-11(7-9-17)16-13(18)12-5-4-10-20-12/h4-5,10-11H,6-9H2,1-3H3,(H,16,18). The summed E-state index contributed by atoms with van der Waals surface area (Å²) in [4.78, 5) is 25.9. The van der Waals surface area contributed by atoms with Crippen LogP contribution >= 0.6 is 0 Å². The van der Waals surface area contributed by atoms with Gasteiger partial charge in [-0.2, -0.15) is 0 Å². The Bertz CT molecular complexity index is 466. The molecule has 20 heavy (non-hydrogen) atoms. The van der Waals surface area contributed by atoms with Gasteiger partial charge < -0.3 is 14.6 Å². The molecule has 110 valence electrons. The maximum Gasteiger partial charge on any atom is 0.287 e. The Kier molecular flexibility index (Phi) is 4.16. The van der Waals surface area contributed by atoms with Gasteiger partial charge in [0.2, 0.25) is 5.91 Å². The molecule has 1 saturated heterocycles. The third kappa shape index (κ3) is 3.40. The molecule has 2 amide bonds. The van der Waals surface area contributed by atoms with Crippen LogP contribution in [0.2, 0.25) is 0 Å². The molecule has 0 unspecified atom stereocenters. The Labute approximate surface area is 119 Å². The summed E-state index contributed by atoms with van der Waals surface area (Å²) < 4.78 is 5.06. The maximum atomic E-state index is 12.2. The third-order valence-corrected chi connectivity index (χ3v) is 3.50. The van der Waals surface area contributed by atoms with E-state index in [1.165, 1.54) is 6.26 Å². The van der Waals surface area contributed by atoms with Gasteiger partial charge in [-0.1, -0.05) is 20.8 Å². The van der Waals surface area contributed by atoms with Gasteiger partial charge in [0.1, 0.15) is 0 Å². The molecule has 2 heterocycles. The summed E-state index contributed by atoms with van der Waals surface area (Å²) in [6.45, 7) is 7.18. The van der Waals surface area contributed by atoms with Crippen LogP contribution in [0.1, 0.15) is 44.2 Å². The van der Waals surface area contributed by atoms with E-state index in [2.05, 4.69) is 5.32 Å². The number of nitrogens with one attached hydrogen (secondary N) is 1. The predicted octanol–water partition coefficient (Wildman–Crippen LogP) is 2.05. The smallest absolute Gasteiger partial charge is 0.287 e. The van der Waals surface area contributed by atoms with Crippen LogP contribution in [0.15, 0.2) is 22.8 Å². The largest absolute Gasteiger partial charge is 0.459 e. The number of amides is 2. The molecule has 1 aromatic heterocycles. The van der Waals surface area contributed by atoms with Crippen LogP contribution in [0.25, 0.3) is 0 Å². The summed E-state index contributed by atoms with van der Waals surface area (Å²) >= 11 is 0. The minimum atomic E-state index is -0.343. The lowest BCUT2D eigenvalue weighted by Crippen LogP contribution is -2.49. The minimum Gasteiger partial charge on any atom is -0.459 e. The first kappa shape index (κ1) is 14.6. The Hall–Kier alpha value is -1.78. The highest BCUT2D eigenvalue weighted by molar-refractivity contribution is 5.91. The molecule has 0 bridgehead atoms. The van der Waals surface area contributed by atoms with E-state index in [0.29, 0.717) is 18.8 Å². The summed E-state index contributed by atoms with van der Waals surface area (Å²) in [5.74, 6) is 0.321. The first-order valence-corrected chi connectivity index (χ1v) is 7.01. The molecule has 0 aromatic carbocycles. The topological polar surface area (TPSA) is 62.6 Å². The molecule has 0 spiro atoms. The second kappa shape index (κ2) is 5.69. The number of rotatable bonds is 2. The van der Waals surface area contributed by atoms with Gasteiger partial charge in [0.15, 0.2) is 5.76 Å². The van der Waals surface area contributed by atoms with E-state index in [0.717, 1.165) is 12.8 Å². The Balaban J connectivity index is 1.83. The van der Waals surface area contributed by atoms with Crippen LogP contribution in [0, 0.1) is 5.41 Å². The molecule has 0 atom stereocenters. The highest BCUT2D eigenvalue weighted by atomic mass is 16.3. The third-order valence-electron chi connectivity index (χ3n) is 3.50. The number of likely N-dealkylation sites (tertiary alicyclic amines) is 1. The van der Waals surface area contributed by atoms with Crippen molar-refractivity contribution in [2.45, 2.75) is 39.7 Å². The van der Waals surface area contributed by atoms with E-state index < -0.39 is 0 Å². The fraction of sp³-hybridized carbons (Fsp3) is 0.600. The van der Waals surface area contributed by atoms with Crippen LogP contribution in [0.4, 0.5) is 0 Å². The van der Waals surface area contributed by atoms with Gasteiger partial charge in [-0.3, -0.25) is 9.59 Å². The molecule has 1 aromatic rings. The van der Waals surface area contributed by atoms with Crippen molar-refractivity contribution in [3.05, 3.63) is 24.2 Å². The quantitative estimate of drug-likeness (QED) is 0.900. The van der Waals surface area contributed by atoms with Crippen molar-refractivity contribution in [3.63, 3.8) is 0 Å². The van der Waals surface area contributed by atoms with Crippen molar-refractivity contribution in [2.24, 2.45) is 5.41 Å². The van der Waals surface area contributed by atoms with Crippen molar-refractivity contribution in [2.75, 3.05) is 13.1 Å². The summed E-state index contributed by atoms with van der Waals surface area (Å²) in [6, 6.07) is 3.45. The fourth-order valence-electron chi connectivity index (χ4n) is 2.37. The molecule has 5 nitrogen and oxygen atoms in total. The molecule has 0 radical (unpaired) electrons. The molecule has 5 heteroatoms. The summed E-state index contributed by atoms with van der Waals surface area (Å²) in [7, 11) is 0. The normalized spacial score (nSPS) is 17.1. The zero-order valence-electron chi connectivity index (χ0n) is 12.3. The average molecular weight is 278 g/mol. The Morgan fingerprint density at radius 3 is 2.45 bits per heavy atom. The van der Waals surface area contributed by atoms with E-state index in [1.807, 2.05) is 25.7 Å². The number of hydrogen-bond acceptors (Lipinski definition) is 3. The molecule has 0 saturated carbocycles. The minimum absolute atomic E-state index is 0.108. The zero-order valence-corrected chi connectivity index (χ0v) is 12.3. The molecule has 1 aliphatic heterocycles. The lowest BCUT2D eigenvalue weighted by molar-refractivity contribution is -0.140. The van der Waals surface area contributed by atoms with Crippen LogP contribution < -0.4 is 5.32 Å². The molecule has 1 N–H and O–H groups in total. The number of hydrogen-bond donors (Lipinski definition) is 1. The lowest BCUT2D eigenvalue weighted by atomic mass is 9.93. The van der Waals surface area contributed by atoms with Crippen molar-refractivity contribution < 1.29 is 14.0 Å². The van der Waals surface area contributed by atoms with Gasteiger partial charge in [-0.25, -0.2) is 0 Å². The number of carbonyl (C=O) groups is 2. The first-order valence-electron chi connectivity index (χ1n) is 7.01. The number of carbonyl (C=O) groups excluding carboxylic acids is 2. The monoisotopic (exact) mass is 278 g/mol. The number of nitrogens with zero attached hydrogens (tertiary/aromatic N) is 1. The number of piperidine rings is 1. The van der Waals surface area contributed by atoms with Crippen LogP contribution in [0.5, 0.6) is 0 Å². The second-order valence-electron chi connectivity index (χ2n) is 6.27. The molecule has 2 rings (SSSR count). The van der Waals surface area contributed by atoms with E-state index >= 15 is 0 Å². The van der Waals surface area contributed by atoms with Gasteiger partial charge in [-0.15, -0.1) is 0 Å². The summed E-state index contributed by atoms with van der Waals surface area (Å²) in [5, 5.41) is 2.95. The SMILES string of the molecule is CC(C)(C)C(=O)N1CCC(NC(=O)c2ccco2)CC1. The van der Waals surface area contributed by atoms with Crippen molar-refractivity contribution in [1.29, 1.82) is 0 Å². The highest BCUT2D eigenvalue weighted by Crippen LogP contribution is 2.21. The molecule has 1 fully saturated rings. The maximum absolute atomic E-state index is 12.2. The lowest BCUT2D eigenvalue weighted by Gasteiger charge is -2.35. The molecular weight excluding hydrogens is 256 g/mol. The van der Waals surface area contributed by atoms with Crippen LogP contribution in [0.3, 0.4) is 0 Å². The van der Waals surface area contributed by atoms with E-state index in [4.69, 9.17) is 4.42 Å². The van der Waals surface area contributed by atoms with Gasteiger partial charge in [-0.05, 0) is 25.0 Å². The highest BCUT2D eigenvalue weighted by Gasteiger charge is 2.30. The van der Waals surface area contributed by atoms with Crippen molar-refractivity contribution in [3.8, 4) is 0 Å². The Morgan fingerprint density at radius 1 is 1.30 bits per heavy atom. The van der Waals surface area contributed by atoms with Gasteiger partial charge >= 0.3 is 0 Å². The van der Waals surface area contributed by atoms with Crippen molar-refractivity contribution >= 4 is 11.8 Å². The summed E-state index contributed by atoms with van der Waals surface area (Å²) in [5.41, 5.74) is -0.343. The zero-order chi connectivity index (χ0) is 14.8. The molecular formula is C15H22N2O3. The van der Waals surface area contributed by atoms with E-state index in [-0.39, 0.29) is 23.3 Å². The molecule has 0 aliphatic carbocycles. The summed E-state index contributed by atoms with van der Waals surface area (Å²) in [6.07, 6.45) is 3.06. The predicted molar refractivity (Wildman–Crippen MR) is 75.2 cm³/mol. The van der Waals surface area contributed by atoms with Gasteiger partial charge in [0.25, 0.3) is 5.91 Å². The molecule has 1 aliphatic rings. The average Bonchev–Trinajstić information content (AvgIpc) is 2.91. The van der Waals surface area contributed by atoms with E-state index in [9.17, 15) is 9.59 Å². The van der Waals surface area contributed by atoms with E-state index in [1.54, 1.807) is 12.1 Å². The van der Waals surface area contributed by atoms with Gasteiger partial charge in [0, 0.05) is 24.5 Å².